The number of aliphatic hydroxyl groups excluding tert-OH is 1. The Kier molecular flexibility index (Phi) is 8.12. The Morgan fingerprint density at radius 3 is 2.44 bits per heavy atom. The molecule has 5 rings (SSSR count). The minimum absolute atomic E-state index is 0.0898. The van der Waals surface area contributed by atoms with Crippen molar-refractivity contribution in [2.24, 2.45) is 22.7 Å². The van der Waals surface area contributed by atoms with Crippen molar-refractivity contribution in [3.63, 3.8) is 0 Å². The normalized spacial score (nSPS) is 30.2. The number of ether oxygens (including phenoxy) is 1. The van der Waals surface area contributed by atoms with Crippen LogP contribution in [0, 0.1) is 22.7 Å². The molecule has 0 radical (unpaired) electrons. The standard InChI is InChI=1S/C32H44N2O7/c1-31(2)21-13-14-32(31,3)26(18-21)41-30(40)22-10-7-15-34(22)29(39)27(20-8-5-4-6-9-20)33-28(38)25(37)17-19-11-12-23(35)24(36)16-19/h7,10-12,16,20-22,25-27,35-37H,4-6,8-9,13-15,17-18H2,1-3H3,(H,33,38). The zero-order valence-electron chi connectivity index (χ0n) is 24.3. The van der Waals surface area contributed by atoms with Gasteiger partial charge in [0.2, 0.25) is 11.8 Å². The van der Waals surface area contributed by atoms with Gasteiger partial charge in [-0.05, 0) is 67.1 Å². The molecule has 41 heavy (non-hydrogen) atoms. The minimum Gasteiger partial charge on any atom is -0.504 e. The average Bonchev–Trinajstić information content (AvgIpc) is 3.57. The second kappa shape index (κ2) is 11.3. The van der Waals surface area contributed by atoms with Gasteiger partial charge in [-0.25, -0.2) is 4.79 Å². The molecule has 1 aromatic carbocycles. The molecule has 6 atom stereocenters. The molecule has 1 heterocycles. The molecule has 0 spiro atoms. The molecule has 0 aromatic heterocycles. The van der Waals surface area contributed by atoms with Crippen molar-refractivity contribution in [1.29, 1.82) is 0 Å². The number of amides is 2. The number of carbonyl (C=O) groups is 3. The molecular weight excluding hydrogens is 524 g/mol. The van der Waals surface area contributed by atoms with E-state index in [9.17, 15) is 29.7 Å². The van der Waals surface area contributed by atoms with Gasteiger partial charge < -0.3 is 30.3 Å². The zero-order valence-corrected chi connectivity index (χ0v) is 24.3. The first-order chi connectivity index (χ1) is 19.4. The van der Waals surface area contributed by atoms with E-state index in [4.69, 9.17) is 4.74 Å². The monoisotopic (exact) mass is 568 g/mol. The molecule has 4 N–H and O–H groups in total. The Morgan fingerprint density at radius 2 is 1.80 bits per heavy atom. The number of phenolic OH excluding ortho intramolecular Hbond substituents is 2. The molecule has 4 aliphatic rings. The maximum Gasteiger partial charge on any atom is 0.333 e. The van der Waals surface area contributed by atoms with E-state index in [2.05, 4.69) is 26.1 Å². The largest absolute Gasteiger partial charge is 0.504 e. The fourth-order valence-corrected chi connectivity index (χ4v) is 7.76. The molecule has 0 saturated heterocycles. The van der Waals surface area contributed by atoms with Gasteiger partial charge in [-0.3, -0.25) is 9.59 Å². The third kappa shape index (κ3) is 5.45. The SMILES string of the molecule is CC1(C)C2CCC1(C)C(OC(=O)C1C=CCN1C(=O)C(NC(=O)C(O)Cc1ccc(O)c(O)c1)C1CCCCC1)C2. The van der Waals surface area contributed by atoms with Gasteiger partial charge in [-0.15, -0.1) is 0 Å². The van der Waals surface area contributed by atoms with E-state index in [1.54, 1.807) is 12.2 Å². The molecule has 3 aliphatic carbocycles. The molecule has 3 saturated carbocycles. The lowest BCUT2D eigenvalue weighted by atomic mass is 9.70. The van der Waals surface area contributed by atoms with Gasteiger partial charge in [-0.1, -0.05) is 58.3 Å². The van der Waals surface area contributed by atoms with Crippen LogP contribution in [0.3, 0.4) is 0 Å². The van der Waals surface area contributed by atoms with Crippen LogP contribution in [0.25, 0.3) is 0 Å². The van der Waals surface area contributed by atoms with Gasteiger partial charge in [-0.2, -0.15) is 0 Å². The van der Waals surface area contributed by atoms with E-state index < -0.39 is 30.1 Å². The van der Waals surface area contributed by atoms with Crippen LogP contribution in [-0.2, 0) is 25.5 Å². The van der Waals surface area contributed by atoms with Crippen LogP contribution >= 0.6 is 0 Å². The van der Waals surface area contributed by atoms with E-state index in [0.717, 1.165) is 51.4 Å². The van der Waals surface area contributed by atoms with Crippen molar-refractivity contribution >= 4 is 17.8 Å². The van der Waals surface area contributed by atoms with Crippen LogP contribution in [0.2, 0.25) is 0 Å². The lowest BCUT2D eigenvalue weighted by molar-refractivity contribution is -0.164. The van der Waals surface area contributed by atoms with Gasteiger partial charge in [0.25, 0.3) is 0 Å². The number of aromatic hydroxyl groups is 2. The highest BCUT2D eigenvalue weighted by Crippen LogP contribution is 2.66. The summed E-state index contributed by atoms with van der Waals surface area (Å²) in [6.45, 7) is 6.99. The summed E-state index contributed by atoms with van der Waals surface area (Å²) in [7, 11) is 0. The molecular formula is C32H44N2O7. The minimum atomic E-state index is -1.46. The van der Waals surface area contributed by atoms with Crippen LogP contribution in [0.4, 0.5) is 0 Å². The Bertz CT molecular complexity index is 1210. The molecule has 2 bridgehead atoms. The van der Waals surface area contributed by atoms with Crippen molar-refractivity contribution in [3.05, 3.63) is 35.9 Å². The number of aliphatic hydroxyl groups is 1. The first-order valence-corrected chi connectivity index (χ1v) is 15.1. The Hall–Kier alpha value is -3.07. The number of nitrogens with one attached hydrogen (secondary N) is 1. The van der Waals surface area contributed by atoms with Crippen LogP contribution in [0.1, 0.15) is 77.7 Å². The van der Waals surface area contributed by atoms with Gasteiger partial charge in [0, 0.05) is 18.4 Å². The predicted octanol–water partition coefficient (Wildman–Crippen LogP) is 3.59. The topological polar surface area (TPSA) is 136 Å². The quantitative estimate of drug-likeness (QED) is 0.214. The second-order valence-corrected chi connectivity index (χ2v) is 13.3. The van der Waals surface area contributed by atoms with Crippen LogP contribution in [-0.4, -0.2) is 68.8 Å². The van der Waals surface area contributed by atoms with Crippen LogP contribution < -0.4 is 5.32 Å². The lowest BCUT2D eigenvalue weighted by Crippen LogP contribution is -2.57. The molecule has 6 unspecified atom stereocenters. The number of benzene rings is 1. The van der Waals surface area contributed by atoms with Crippen molar-refractivity contribution in [2.45, 2.75) is 103 Å². The number of esters is 1. The number of nitrogens with zero attached hydrogens (tertiary/aromatic N) is 1. The molecule has 9 nitrogen and oxygen atoms in total. The predicted molar refractivity (Wildman–Crippen MR) is 152 cm³/mol. The van der Waals surface area contributed by atoms with Crippen LogP contribution in [0.5, 0.6) is 11.5 Å². The van der Waals surface area contributed by atoms with E-state index in [0.29, 0.717) is 11.5 Å². The van der Waals surface area contributed by atoms with Gasteiger partial charge >= 0.3 is 5.97 Å². The summed E-state index contributed by atoms with van der Waals surface area (Å²) in [5, 5.41) is 32.8. The number of hydrogen-bond acceptors (Lipinski definition) is 7. The number of hydrogen-bond donors (Lipinski definition) is 4. The summed E-state index contributed by atoms with van der Waals surface area (Å²) in [5.41, 5.74) is 0.468. The number of rotatable bonds is 8. The first kappa shape index (κ1) is 29.4. The van der Waals surface area contributed by atoms with Gasteiger partial charge in [0.1, 0.15) is 24.3 Å². The Morgan fingerprint density at radius 1 is 1.07 bits per heavy atom. The lowest BCUT2D eigenvalue weighted by Gasteiger charge is -2.39. The van der Waals surface area contributed by atoms with Gasteiger partial charge in [0.15, 0.2) is 11.5 Å². The molecule has 224 valence electrons. The molecule has 1 aromatic rings. The second-order valence-electron chi connectivity index (χ2n) is 13.3. The molecule has 9 heteroatoms. The highest BCUT2D eigenvalue weighted by Gasteiger charge is 2.63. The fourth-order valence-electron chi connectivity index (χ4n) is 7.76. The maximum atomic E-state index is 14.0. The average molecular weight is 569 g/mol. The molecule has 2 amide bonds. The smallest absolute Gasteiger partial charge is 0.333 e. The maximum absolute atomic E-state index is 14.0. The van der Waals surface area contributed by atoms with E-state index in [1.807, 2.05) is 0 Å². The zero-order chi connectivity index (χ0) is 29.5. The number of fused-ring (bicyclic) bond motifs is 2. The summed E-state index contributed by atoms with van der Waals surface area (Å²) < 4.78 is 6.13. The highest BCUT2D eigenvalue weighted by molar-refractivity contribution is 5.93. The van der Waals surface area contributed by atoms with Crippen molar-refractivity contribution < 1.29 is 34.4 Å². The summed E-state index contributed by atoms with van der Waals surface area (Å²) in [6.07, 6.45) is 9.28. The summed E-state index contributed by atoms with van der Waals surface area (Å²) in [4.78, 5) is 42.1. The third-order valence-corrected chi connectivity index (χ3v) is 10.9. The van der Waals surface area contributed by atoms with Gasteiger partial charge in [0.05, 0.1) is 0 Å². The Labute approximate surface area is 241 Å². The summed E-state index contributed by atoms with van der Waals surface area (Å²) >= 11 is 0. The van der Waals surface area contributed by atoms with Crippen molar-refractivity contribution in [3.8, 4) is 11.5 Å². The highest BCUT2D eigenvalue weighted by atomic mass is 16.5. The number of phenols is 2. The Balaban J connectivity index is 1.28. The van der Waals surface area contributed by atoms with Crippen LogP contribution in [0.15, 0.2) is 30.4 Å². The first-order valence-electron chi connectivity index (χ1n) is 15.1. The van der Waals surface area contributed by atoms with Crippen molar-refractivity contribution in [2.75, 3.05) is 6.54 Å². The fraction of sp³-hybridized carbons (Fsp3) is 0.656. The molecule has 1 aliphatic heterocycles. The third-order valence-electron chi connectivity index (χ3n) is 10.9. The van der Waals surface area contributed by atoms with E-state index in [-0.39, 0.29) is 53.2 Å². The van der Waals surface area contributed by atoms with Crippen molar-refractivity contribution in [1.82, 2.24) is 10.2 Å². The molecule has 3 fully saturated rings. The summed E-state index contributed by atoms with van der Waals surface area (Å²) in [5.74, 6) is -1.68. The summed E-state index contributed by atoms with van der Waals surface area (Å²) in [6, 6.07) is 2.38. The number of carbonyl (C=O) groups excluding carboxylic acids is 3. The van der Waals surface area contributed by atoms with E-state index in [1.165, 1.54) is 23.1 Å². The van der Waals surface area contributed by atoms with E-state index >= 15 is 0 Å².